The average molecular weight is 340 g/mol. The molecule has 2 heterocycles. The standard InChI is InChI=1S/C16H26BrN3/c1-12(2)20-9-5-4-6-13(10-18-3)16(20)15-8-7-14(17)11-19-15/h7-8,11-13,16,18H,4-6,9-10H2,1-3H3. The summed E-state index contributed by atoms with van der Waals surface area (Å²) in [5, 5.41) is 3.37. The summed E-state index contributed by atoms with van der Waals surface area (Å²) >= 11 is 3.49. The normalized spacial score (nSPS) is 24.9. The molecule has 1 saturated heterocycles. The van der Waals surface area contributed by atoms with E-state index in [0.29, 0.717) is 18.0 Å². The van der Waals surface area contributed by atoms with Crippen molar-refractivity contribution in [2.24, 2.45) is 5.92 Å². The summed E-state index contributed by atoms with van der Waals surface area (Å²) in [6.07, 6.45) is 5.83. The van der Waals surface area contributed by atoms with Gasteiger partial charge in [-0.1, -0.05) is 6.42 Å². The summed E-state index contributed by atoms with van der Waals surface area (Å²) in [6, 6.07) is 5.28. The zero-order valence-corrected chi connectivity index (χ0v) is 14.4. The third-order valence-electron chi connectivity index (χ3n) is 4.23. The Labute approximate surface area is 131 Å². The Kier molecular flexibility index (Phi) is 6.00. The number of hydrogen-bond acceptors (Lipinski definition) is 3. The molecule has 20 heavy (non-hydrogen) atoms. The fraction of sp³-hybridized carbons (Fsp3) is 0.688. The topological polar surface area (TPSA) is 28.2 Å². The first-order valence-corrected chi connectivity index (χ1v) is 8.44. The molecule has 1 aromatic heterocycles. The molecule has 112 valence electrons. The fourth-order valence-corrected chi connectivity index (χ4v) is 3.53. The maximum atomic E-state index is 4.69. The molecule has 0 aromatic carbocycles. The van der Waals surface area contributed by atoms with E-state index in [9.17, 15) is 0 Å². The molecule has 1 aliphatic heterocycles. The number of pyridine rings is 1. The Hall–Kier alpha value is -0.450. The van der Waals surface area contributed by atoms with Crippen LogP contribution >= 0.6 is 15.9 Å². The lowest BCUT2D eigenvalue weighted by Crippen LogP contribution is -2.40. The van der Waals surface area contributed by atoms with Crippen LogP contribution in [0.15, 0.2) is 22.8 Å². The number of likely N-dealkylation sites (tertiary alicyclic amines) is 1. The largest absolute Gasteiger partial charge is 0.319 e. The summed E-state index contributed by atoms with van der Waals surface area (Å²) in [5.41, 5.74) is 1.21. The number of nitrogens with one attached hydrogen (secondary N) is 1. The van der Waals surface area contributed by atoms with Gasteiger partial charge in [0.2, 0.25) is 0 Å². The van der Waals surface area contributed by atoms with Crippen LogP contribution in [0.1, 0.15) is 44.8 Å². The Balaban J connectivity index is 2.33. The number of aromatic nitrogens is 1. The zero-order chi connectivity index (χ0) is 14.5. The SMILES string of the molecule is CNCC1CCCCN(C(C)C)C1c1ccc(Br)cn1. The Bertz CT molecular complexity index is 405. The molecule has 0 radical (unpaired) electrons. The third-order valence-corrected chi connectivity index (χ3v) is 4.70. The van der Waals surface area contributed by atoms with Gasteiger partial charge in [-0.2, -0.15) is 0 Å². The predicted molar refractivity (Wildman–Crippen MR) is 87.8 cm³/mol. The molecule has 1 fully saturated rings. The molecule has 1 aliphatic rings. The summed E-state index contributed by atoms with van der Waals surface area (Å²) < 4.78 is 1.05. The van der Waals surface area contributed by atoms with E-state index in [2.05, 4.69) is 59.2 Å². The molecule has 0 amide bonds. The molecule has 0 saturated carbocycles. The van der Waals surface area contributed by atoms with Crippen LogP contribution in [0.25, 0.3) is 0 Å². The van der Waals surface area contributed by atoms with Crippen LogP contribution in [0.3, 0.4) is 0 Å². The van der Waals surface area contributed by atoms with Crippen LogP contribution in [0.4, 0.5) is 0 Å². The highest BCUT2D eigenvalue weighted by Crippen LogP contribution is 2.35. The van der Waals surface area contributed by atoms with Gasteiger partial charge in [-0.3, -0.25) is 9.88 Å². The van der Waals surface area contributed by atoms with Crippen LogP contribution in [-0.4, -0.2) is 36.1 Å². The molecule has 2 rings (SSSR count). The van der Waals surface area contributed by atoms with Gasteiger partial charge >= 0.3 is 0 Å². The number of rotatable bonds is 4. The monoisotopic (exact) mass is 339 g/mol. The predicted octanol–water partition coefficient (Wildman–Crippen LogP) is 3.62. The summed E-state index contributed by atoms with van der Waals surface area (Å²) in [7, 11) is 2.05. The maximum Gasteiger partial charge on any atom is 0.0579 e. The highest BCUT2D eigenvalue weighted by Gasteiger charge is 2.32. The van der Waals surface area contributed by atoms with Crippen molar-refractivity contribution >= 4 is 15.9 Å². The second kappa shape index (κ2) is 7.53. The van der Waals surface area contributed by atoms with Gasteiger partial charge in [0.15, 0.2) is 0 Å². The lowest BCUT2D eigenvalue weighted by atomic mass is 9.91. The van der Waals surface area contributed by atoms with E-state index in [-0.39, 0.29) is 0 Å². The Morgan fingerprint density at radius 3 is 2.80 bits per heavy atom. The fourth-order valence-electron chi connectivity index (χ4n) is 3.30. The third kappa shape index (κ3) is 3.80. The molecule has 2 atom stereocenters. The molecule has 3 nitrogen and oxygen atoms in total. The van der Waals surface area contributed by atoms with Crippen molar-refractivity contribution in [3.63, 3.8) is 0 Å². The summed E-state index contributed by atoms with van der Waals surface area (Å²) in [4.78, 5) is 7.32. The lowest BCUT2D eigenvalue weighted by molar-refractivity contribution is 0.115. The minimum atomic E-state index is 0.429. The molecule has 0 aliphatic carbocycles. The number of hydrogen-bond donors (Lipinski definition) is 1. The van der Waals surface area contributed by atoms with Crippen molar-refractivity contribution in [2.45, 2.75) is 45.2 Å². The van der Waals surface area contributed by atoms with Crippen LogP contribution in [-0.2, 0) is 0 Å². The molecule has 1 aromatic rings. The minimum Gasteiger partial charge on any atom is -0.319 e. The number of nitrogens with zero attached hydrogens (tertiary/aromatic N) is 2. The van der Waals surface area contributed by atoms with Crippen molar-refractivity contribution in [2.75, 3.05) is 20.1 Å². The summed E-state index contributed by atoms with van der Waals surface area (Å²) in [6.45, 7) is 6.84. The first-order chi connectivity index (χ1) is 9.63. The zero-order valence-electron chi connectivity index (χ0n) is 12.8. The molecule has 2 unspecified atom stereocenters. The smallest absolute Gasteiger partial charge is 0.0579 e. The molecule has 0 spiro atoms. The van der Waals surface area contributed by atoms with Gasteiger partial charge in [0.1, 0.15) is 0 Å². The Morgan fingerprint density at radius 1 is 1.40 bits per heavy atom. The van der Waals surface area contributed by atoms with E-state index in [1.54, 1.807) is 0 Å². The van der Waals surface area contributed by atoms with Crippen molar-refractivity contribution in [1.29, 1.82) is 0 Å². The van der Waals surface area contributed by atoms with E-state index in [4.69, 9.17) is 4.98 Å². The van der Waals surface area contributed by atoms with Gasteiger partial charge in [0.25, 0.3) is 0 Å². The van der Waals surface area contributed by atoms with Crippen LogP contribution in [0.2, 0.25) is 0 Å². The quantitative estimate of drug-likeness (QED) is 0.907. The van der Waals surface area contributed by atoms with E-state index in [1.807, 2.05) is 6.20 Å². The van der Waals surface area contributed by atoms with E-state index in [1.165, 1.54) is 31.5 Å². The Morgan fingerprint density at radius 2 is 2.20 bits per heavy atom. The second-order valence-electron chi connectivity index (χ2n) is 5.99. The summed E-state index contributed by atoms with van der Waals surface area (Å²) in [5.74, 6) is 0.638. The first-order valence-electron chi connectivity index (χ1n) is 7.65. The highest BCUT2D eigenvalue weighted by atomic mass is 79.9. The first kappa shape index (κ1) is 15.9. The van der Waals surface area contributed by atoms with Gasteiger partial charge in [-0.05, 0) is 80.8 Å². The molecule has 4 heteroatoms. The van der Waals surface area contributed by atoms with Gasteiger partial charge < -0.3 is 5.32 Å². The molecular formula is C16H26BrN3. The van der Waals surface area contributed by atoms with Crippen LogP contribution < -0.4 is 5.32 Å². The van der Waals surface area contributed by atoms with Crippen LogP contribution in [0, 0.1) is 5.92 Å². The molecular weight excluding hydrogens is 314 g/mol. The maximum absolute atomic E-state index is 4.69. The van der Waals surface area contributed by atoms with Gasteiger partial charge in [0, 0.05) is 16.7 Å². The van der Waals surface area contributed by atoms with Crippen molar-refractivity contribution in [1.82, 2.24) is 15.2 Å². The van der Waals surface area contributed by atoms with Gasteiger partial charge in [-0.15, -0.1) is 0 Å². The molecule has 0 bridgehead atoms. The second-order valence-corrected chi connectivity index (χ2v) is 6.91. The van der Waals surface area contributed by atoms with Gasteiger partial charge in [-0.25, -0.2) is 0 Å². The van der Waals surface area contributed by atoms with Gasteiger partial charge in [0.05, 0.1) is 11.7 Å². The average Bonchev–Trinajstić information content (AvgIpc) is 2.63. The van der Waals surface area contributed by atoms with E-state index >= 15 is 0 Å². The van der Waals surface area contributed by atoms with Crippen molar-refractivity contribution < 1.29 is 0 Å². The number of halogens is 1. The van der Waals surface area contributed by atoms with E-state index < -0.39 is 0 Å². The lowest BCUT2D eigenvalue weighted by Gasteiger charge is -2.37. The van der Waals surface area contributed by atoms with Crippen LogP contribution in [0.5, 0.6) is 0 Å². The van der Waals surface area contributed by atoms with Crippen molar-refractivity contribution in [3.05, 3.63) is 28.5 Å². The van der Waals surface area contributed by atoms with E-state index in [0.717, 1.165) is 11.0 Å². The molecule has 1 N–H and O–H groups in total. The highest BCUT2D eigenvalue weighted by molar-refractivity contribution is 9.10. The van der Waals surface area contributed by atoms with Crippen molar-refractivity contribution in [3.8, 4) is 0 Å². The minimum absolute atomic E-state index is 0.429.